The summed E-state index contributed by atoms with van der Waals surface area (Å²) in [5, 5.41) is 15.4. The van der Waals surface area contributed by atoms with E-state index in [1.165, 1.54) is 0 Å². The van der Waals surface area contributed by atoms with E-state index in [2.05, 4.69) is 31.0 Å². The highest BCUT2D eigenvalue weighted by molar-refractivity contribution is 6.01. The fourth-order valence-electron chi connectivity index (χ4n) is 3.48. The van der Waals surface area contributed by atoms with Crippen molar-refractivity contribution in [2.24, 2.45) is 0 Å². The molecule has 0 saturated heterocycles. The molecule has 0 aliphatic heterocycles. The van der Waals surface area contributed by atoms with Crippen LogP contribution in [0.4, 0.5) is 27.7 Å². The minimum Gasteiger partial charge on any atom is -0.340 e. The Bertz CT molecular complexity index is 1410. The number of benzene rings is 3. The lowest BCUT2D eigenvalue weighted by Gasteiger charge is -2.11. The van der Waals surface area contributed by atoms with E-state index in [0.717, 1.165) is 22.1 Å². The number of carbonyl (C=O) groups is 1. The quantitative estimate of drug-likeness (QED) is 0.338. The molecule has 2 aromatic heterocycles. The predicted octanol–water partition coefficient (Wildman–Crippen LogP) is 5.51. The summed E-state index contributed by atoms with van der Waals surface area (Å²) in [6.45, 7) is 1.83. The molecule has 8 nitrogen and oxygen atoms in total. The van der Waals surface area contributed by atoms with Gasteiger partial charge in [-0.25, -0.2) is 19.4 Å². The van der Waals surface area contributed by atoms with Gasteiger partial charge in [0.05, 0.1) is 0 Å². The Balaban J connectivity index is 1.23. The molecule has 2 heterocycles. The number of rotatable bonds is 5. The summed E-state index contributed by atoms with van der Waals surface area (Å²) < 4.78 is 1.68. The van der Waals surface area contributed by atoms with Crippen LogP contribution in [0.1, 0.15) is 5.82 Å². The van der Waals surface area contributed by atoms with Gasteiger partial charge in [-0.2, -0.15) is 5.10 Å². The average Bonchev–Trinajstić information content (AvgIpc) is 3.35. The summed E-state index contributed by atoms with van der Waals surface area (Å²) in [7, 11) is 0. The van der Waals surface area contributed by atoms with E-state index in [1.54, 1.807) is 10.9 Å². The number of anilines is 4. The van der Waals surface area contributed by atoms with Gasteiger partial charge in [0, 0.05) is 35.5 Å². The molecule has 0 bridgehead atoms. The van der Waals surface area contributed by atoms with Crippen LogP contribution >= 0.6 is 0 Å². The summed E-state index contributed by atoms with van der Waals surface area (Å²) in [6.07, 6.45) is 3.53. The van der Waals surface area contributed by atoms with E-state index in [0.29, 0.717) is 23.1 Å². The molecular formula is C25H21N7O. The van der Waals surface area contributed by atoms with Crippen LogP contribution in [0, 0.1) is 6.92 Å². The van der Waals surface area contributed by atoms with Crippen molar-refractivity contribution >= 4 is 39.7 Å². The van der Waals surface area contributed by atoms with Crippen molar-refractivity contribution < 1.29 is 4.79 Å². The molecule has 5 rings (SSSR count). The fourth-order valence-corrected chi connectivity index (χ4v) is 3.48. The summed E-state index contributed by atoms with van der Waals surface area (Å²) >= 11 is 0. The Morgan fingerprint density at radius 3 is 2.30 bits per heavy atom. The largest absolute Gasteiger partial charge is 0.340 e. The van der Waals surface area contributed by atoms with Crippen molar-refractivity contribution in [3.05, 3.63) is 97.1 Å². The Morgan fingerprint density at radius 2 is 1.52 bits per heavy atom. The molecule has 0 aliphatic carbocycles. The van der Waals surface area contributed by atoms with Gasteiger partial charge in [-0.1, -0.05) is 30.3 Å². The zero-order valence-corrected chi connectivity index (χ0v) is 17.9. The van der Waals surface area contributed by atoms with Gasteiger partial charge in [-0.3, -0.25) is 0 Å². The van der Waals surface area contributed by atoms with Crippen molar-refractivity contribution in [1.82, 2.24) is 19.7 Å². The number of amides is 2. The second-order valence-corrected chi connectivity index (χ2v) is 7.45. The molecule has 3 N–H and O–H groups in total. The summed E-state index contributed by atoms with van der Waals surface area (Å²) in [6, 6.07) is 24.6. The highest BCUT2D eigenvalue weighted by Gasteiger charge is 2.07. The third kappa shape index (κ3) is 4.80. The second kappa shape index (κ2) is 8.80. The standard InChI is InChI=1S/C25H21N7O/c1-17-27-23(16-24(28-17)32-14-4-13-26-32)29-20-9-11-21(12-10-20)30-25(33)31-22-8-7-18-5-2-3-6-19(18)15-22/h2-16H,1H3,(H,27,28,29)(H2,30,31,33). The van der Waals surface area contributed by atoms with Crippen molar-refractivity contribution in [2.75, 3.05) is 16.0 Å². The molecule has 162 valence electrons. The lowest BCUT2D eigenvalue weighted by atomic mass is 10.1. The maximum absolute atomic E-state index is 12.4. The Hall–Kier alpha value is -4.72. The van der Waals surface area contributed by atoms with E-state index in [9.17, 15) is 4.79 Å². The number of hydrogen-bond acceptors (Lipinski definition) is 5. The summed E-state index contributed by atoms with van der Waals surface area (Å²) in [4.78, 5) is 21.3. The Morgan fingerprint density at radius 1 is 0.788 bits per heavy atom. The monoisotopic (exact) mass is 435 g/mol. The van der Waals surface area contributed by atoms with E-state index in [-0.39, 0.29) is 6.03 Å². The van der Waals surface area contributed by atoms with Gasteiger partial charge < -0.3 is 16.0 Å². The number of nitrogens with one attached hydrogen (secondary N) is 3. The summed E-state index contributed by atoms with van der Waals surface area (Å²) in [5.41, 5.74) is 2.24. The first kappa shape index (κ1) is 20.2. The highest BCUT2D eigenvalue weighted by atomic mass is 16.2. The molecule has 0 atom stereocenters. The first-order valence-electron chi connectivity index (χ1n) is 10.4. The normalized spacial score (nSPS) is 10.7. The number of aryl methyl sites for hydroxylation is 1. The lowest BCUT2D eigenvalue weighted by Crippen LogP contribution is -2.19. The number of hydrogen-bond donors (Lipinski definition) is 3. The first-order chi connectivity index (χ1) is 16.1. The van der Waals surface area contributed by atoms with E-state index in [4.69, 9.17) is 0 Å². The third-order valence-corrected chi connectivity index (χ3v) is 4.99. The number of aromatic nitrogens is 4. The van der Waals surface area contributed by atoms with Crippen LogP contribution in [-0.4, -0.2) is 25.8 Å². The molecule has 0 radical (unpaired) electrons. The number of fused-ring (bicyclic) bond motifs is 1. The molecule has 3 aromatic carbocycles. The van der Waals surface area contributed by atoms with Crippen LogP contribution in [-0.2, 0) is 0 Å². The maximum Gasteiger partial charge on any atom is 0.323 e. The summed E-state index contributed by atoms with van der Waals surface area (Å²) in [5.74, 6) is 1.97. The van der Waals surface area contributed by atoms with Gasteiger partial charge in [-0.05, 0) is 60.2 Å². The Kier molecular flexibility index (Phi) is 5.38. The van der Waals surface area contributed by atoms with Gasteiger partial charge >= 0.3 is 6.03 Å². The van der Waals surface area contributed by atoms with Crippen LogP contribution in [0.3, 0.4) is 0 Å². The highest BCUT2D eigenvalue weighted by Crippen LogP contribution is 2.21. The van der Waals surface area contributed by atoms with Crippen molar-refractivity contribution in [3.63, 3.8) is 0 Å². The van der Waals surface area contributed by atoms with Gasteiger partial charge in [-0.15, -0.1) is 0 Å². The smallest absolute Gasteiger partial charge is 0.323 e. The second-order valence-electron chi connectivity index (χ2n) is 7.45. The molecule has 0 fully saturated rings. The average molecular weight is 435 g/mol. The molecular weight excluding hydrogens is 414 g/mol. The van der Waals surface area contributed by atoms with Crippen LogP contribution in [0.2, 0.25) is 0 Å². The zero-order valence-electron chi connectivity index (χ0n) is 17.9. The van der Waals surface area contributed by atoms with E-state index < -0.39 is 0 Å². The minimum atomic E-state index is -0.304. The molecule has 0 unspecified atom stereocenters. The molecule has 8 heteroatoms. The lowest BCUT2D eigenvalue weighted by molar-refractivity contribution is 0.262. The number of nitrogens with zero attached hydrogens (tertiary/aromatic N) is 4. The van der Waals surface area contributed by atoms with Gasteiger partial charge in [0.1, 0.15) is 11.6 Å². The Labute approximate surface area is 190 Å². The van der Waals surface area contributed by atoms with Gasteiger partial charge in [0.2, 0.25) is 0 Å². The first-order valence-corrected chi connectivity index (χ1v) is 10.4. The number of urea groups is 1. The molecule has 0 spiro atoms. The number of carbonyl (C=O) groups excluding carboxylic acids is 1. The third-order valence-electron chi connectivity index (χ3n) is 4.99. The SMILES string of the molecule is Cc1nc(Nc2ccc(NC(=O)Nc3ccc4ccccc4c3)cc2)cc(-n2cccn2)n1. The minimum absolute atomic E-state index is 0.304. The predicted molar refractivity (Wildman–Crippen MR) is 130 cm³/mol. The zero-order chi connectivity index (χ0) is 22.6. The van der Waals surface area contributed by atoms with Crippen LogP contribution in [0.15, 0.2) is 91.3 Å². The molecule has 0 aliphatic rings. The van der Waals surface area contributed by atoms with Gasteiger partial charge in [0.25, 0.3) is 0 Å². The van der Waals surface area contributed by atoms with E-state index in [1.807, 2.05) is 92.0 Å². The maximum atomic E-state index is 12.4. The van der Waals surface area contributed by atoms with Crippen LogP contribution < -0.4 is 16.0 Å². The fraction of sp³-hybridized carbons (Fsp3) is 0.0400. The van der Waals surface area contributed by atoms with E-state index >= 15 is 0 Å². The van der Waals surface area contributed by atoms with Crippen molar-refractivity contribution in [3.8, 4) is 5.82 Å². The van der Waals surface area contributed by atoms with Gasteiger partial charge in [0.15, 0.2) is 5.82 Å². The molecule has 5 aromatic rings. The van der Waals surface area contributed by atoms with Crippen LogP contribution in [0.5, 0.6) is 0 Å². The topological polar surface area (TPSA) is 96.8 Å². The van der Waals surface area contributed by atoms with Crippen LogP contribution in [0.25, 0.3) is 16.6 Å². The van der Waals surface area contributed by atoms with Crippen molar-refractivity contribution in [1.29, 1.82) is 0 Å². The molecule has 33 heavy (non-hydrogen) atoms. The molecule has 2 amide bonds. The molecule has 0 saturated carbocycles. The van der Waals surface area contributed by atoms with Crippen molar-refractivity contribution in [2.45, 2.75) is 6.92 Å².